The fraction of sp³-hybridized carbons (Fsp3) is 0.429. The fourth-order valence-corrected chi connectivity index (χ4v) is 1.79. The Hall–Kier alpha value is -1.88. The highest BCUT2D eigenvalue weighted by atomic mass is 16.4. The molecule has 5 nitrogen and oxygen atoms in total. The van der Waals surface area contributed by atoms with Crippen LogP contribution in [0, 0.1) is 0 Å². The van der Waals surface area contributed by atoms with Crippen molar-refractivity contribution < 1.29 is 14.7 Å². The van der Waals surface area contributed by atoms with Crippen LogP contribution in [0.3, 0.4) is 0 Å². The summed E-state index contributed by atoms with van der Waals surface area (Å²) in [7, 11) is 1.85. The largest absolute Gasteiger partial charge is 0.480 e. The van der Waals surface area contributed by atoms with E-state index in [1.165, 1.54) is 0 Å². The summed E-state index contributed by atoms with van der Waals surface area (Å²) in [5, 5.41) is 14.5. The van der Waals surface area contributed by atoms with Crippen LogP contribution in [-0.4, -0.2) is 36.6 Å². The number of carbonyl (C=O) groups is 2. The highest BCUT2D eigenvalue weighted by Crippen LogP contribution is 2.10. The molecule has 0 aliphatic carbocycles. The maximum Gasteiger partial charge on any atom is 0.326 e. The van der Waals surface area contributed by atoms with Crippen LogP contribution in [0.15, 0.2) is 24.3 Å². The summed E-state index contributed by atoms with van der Waals surface area (Å²) in [4.78, 5) is 23.0. The molecule has 1 atom stereocenters. The van der Waals surface area contributed by atoms with Crippen molar-refractivity contribution in [3.63, 3.8) is 0 Å². The van der Waals surface area contributed by atoms with Crippen LogP contribution in [0.5, 0.6) is 0 Å². The van der Waals surface area contributed by atoms with Gasteiger partial charge >= 0.3 is 5.97 Å². The number of likely N-dealkylation sites (N-methyl/N-ethyl adjacent to an activating group) is 1. The number of carboxylic acid groups (broad SMARTS) is 1. The molecule has 0 aromatic heterocycles. The lowest BCUT2D eigenvalue weighted by Gasteiger charge is -2.14. The summed E-state index contributed by atoms with van der Waals surface area (Å²) in [6, 6.07) is 6.41. The van der Waals surface area contributed by atoms with Crippen LogP contribution in [-0.2, 0) is 11.2 Å². The molecule has 1 amide bonds. The minimum atomic E-state index is -1.01. The van der Waals surface area contributed by atoms with Gasteiger partial charge in [-0.3, -0.25) is 4.79 Å². The number of carbonyl (C=O) groups excluding carboxylic acids is 1. The first kappa shape index (κ1) is 15.2. The second-order valence-electron chi connectivity index (χ2n) is 4.28. The summed E-state index contributed by atoms with van der Waals surface area (Å²) >= 11 is 0. The van der Waals surface area contributed by atoms with Gasteiger partial charge in [0.2, 0.25) is 0 Å². The second kappa shape index (κ2) is 7.53. The molecule has 1 aromatic carbocycles. The molecule has 0 saturated heterocycles. The summed E-state index contributed by atoms with van der Waals surface area (Å²) in [5.41, 5.74) is 1.45. The van der Waals surface area contributed by atoms with Gasteiger partial charge in [-0.05, 0) is 38.1 Å². The molecule has 0 radical (unpaired) electrons. The average molecular weight is 264 g/mol. The van der Waals surface area contributed by atoms with E-state index in [2.05, 4.69) is 10.6 Å². The smallest absolute Gasteiger partial charge is 0.326 e. The summed E-state index contributed by atoms with van der Waals surface area (Å²) < 4.78 is 0. The number of carboxylic acids is 1. The molecule has 5 heteroatoms. The molecule has 0 aliphatic heterocycles. The molecule has 0 fully saturated rings. The monoisotopic (exact) mass is 264 g/mol. The van der Waals surface area contributed by atoms with E-state index in [9.17, 15) is 9.59 Å². The summed E-state index contributed by atoms with van der Waals surface area (Å²) in [5.74, 6) is -1.34. The van der Waals surface area contributed by atoms with E-state index in [0.29, 0.717) is 12.0 Å². The van der Waals surface area contributed by atoms with Gasteiger partial charge < -0.3 is 15.7 Å². The van der Waals surface area contributed by atoms with Gasteiger partial charge in [-0.15, -0.1) is 0 Å². The summed E-state index contributed by atoms with van der Waals surface area (Å²) in [6.07, 6.45) is 1.09. The van der Waals surface area contributed by atoms with Gasteiger partial charge in [0.05, 0.1) is 0 Å². The Kier molecular flexibility index (Phi) is 6.02. The molecular formula is C14H20N2O3. The lowest BCUT2D eigenvalue weighted by molar-refractivity contribution is -0.139. The van der Waals surface area contributed by atoms with E-state index in [0.717, 1.165) is 18.5 Å². The second-order valence-corrected chi connectivity index (χ2v) is 4.28. The Labute approximate surface area is 113 Å². The normalized spacial score (nSPS) is 11.9. The first-order valence-electron chi connectivity index (χ1n) is 6.36. The van der Waals surface area contributed by atoms with Crippen LogP contribution < -0.4 is 10.6 Å². The SMILES string of the molecule is CC[C@@H](NC(=O)c1ccccc1CCNC)C(=O)O. The molecule has 0 heterocycles. The molecule has 19 heavy (non-hydrogen) atoms. The molecule has 0 unspecified atom stereocenters. The molecule has 1 rings (SSSR count). The minimum Gasteiger partial charge on any atom is -0.480 e. The lowest BCUT2D eigenvalue weighted by atomic mass is 10.0. The maximum absolute atomic E-state index is 12.1. The van der Waals surface area contributed by atoms with Crippen LogP contribution in [0.25, 0.3) is 0 Å². The van der Waals surface area contributed by atoms with Gasteiger partial charge in [0, 0.05) is 5.56 Å². The Morgan fingerprint density at radius 2 is 2.00 bits per heavy atom. The highest BCUT2D eigenvalue weighted by molar-refractivity contribution is 5.97. The Balaban J connectivity index is 2.83. The zero-order chi connectivity index (χ0) is 14.3. The number of rotatable bonds is 7. The molecular weight excluding hydrogens is 244 g/mol. The third-order valence-electron chi connectivity index (χ3n) is 2.92. The van der Waals surface area contributed by atoms with E-state index in [1.807, 2.05) is 19.2 Å². The van der Waals surface area contributed by atoms with Crippen LogP contribution in [0.4, 0.5) is 0 Å². The topological polar surface area (TPSA) is 78.4 Å². The third kappa shape index (κ3) is 4.37. The fourth-order valence-electron chi connectivity index (χ4n) is 1.79. The van der Waals surface area contributed by atoms with Crippen LogP contribution >= 0.6 is 0 Å². The highest BCUT2D eigenvalue weighted by Gasteiger charge is 2.19. The first-order valence-corrected chi connectivity index (χ1v) is 6.36. The Bertz CT molecular complexity index is 446. The van der Waals surface area contributed by atoms with Gasteiger partial charge in [-0.25, -0.2) is 4.79 Å². The lowest BCUT2D eigenvalue weighted by Crippen LogP contribution is -2.40. The molecule has 0 spiro atoms. The number of amides is 1. The van der Waals surface area contributed by atoms with Gasteiger partial charge in [-0.2, -0.15) is 0 Å². The molecule has 1 aromatic rings. The van der Waals surface area contributed by atoms with Crippen molar-refractivity contribution in [2.24, 2.45) is 0 Å². The van der Waals surface area contributed by atoms with Crippen molar-refractivity contribution >= 4 is 11.9 Å². The third-order valence-corrected chi connectivity index (χ3v) is 2.92. The standard InChI is InChI=1S/C14H20N2O3/c1-3-12(14(18)19)16-13(17)11-7-5-4-6-10(11)8-9-15-2/h4-7,12,15H,3,8-9H2,1-2H3,(H,16,17)(H,18,19)/t12-/m1/s1. The van der Waals surface area contributed by atoms with Gasteiger partial charge in [0.15, 0.2) is 0 Å². The zero-order valence-electron chi connectivity index (χ0n) is 11.3. The maximum atomic E-state index is 12.1. The molecule has 104 valence electrons. The molecule has 0 aliphatic rings. The molecule has 0 bridgehead atoms. The van der Waals surface area contributed by atoms with Crippen molar-refractivity contribution in [3.8, 4) is 0 Å². The van der Waals surface area contributed by atoms with E-state index in [4.69, 9.17) is 5.11 Å². The van der Waals surface area contributed by atoms with Gasteiger partial charge in [0.1, 0.15) is 6.04 Å². The van der Waals surface area contributed by atoms with E-state index in [-0.39, 0.29) is 5.91 Å². The van der Waals surface area contributed by atoms with E-state index < -0.39 is 12.0 Å². The van der Waals surface area contributed by atoms with Gasteiger partial charge in [0.25, 0.3) is 5.91 Å². The van der Waals surface area contributed by atoms with Crippen LogP contribution in [0.1, 0.15) is 29.3 Å². The Morgan fingerprint density at radius 3 is 2.58 bits per heavy atom. The quantitative estimate of drug-likeness (QED) is 0.687. The predicted molar refractivity (Wildman–Crippen MR) is 73.3 cm³/mol. The minimum absolute atomic E-state index is 0.332. The van der Waals surface area contributed by atoms with Gasteiger partial charge in [-0.1, -0.05) is 25.1 Å². The number of benzene rings is 1. The number of nitrogens with one attached hydrogen (secondary N) is 2. The van der Waals surface area contributed by atoms with Crippen molar-refractivity contribution in [2.45, 2.75) is 25.8 Å². The number of hydrogen-bond donors (Lipinski definition) is 3. The van der Waals surface area contributed by atoms with Crippen molar-refractivity contribution in [2.75, 3.05) is 13.6 Å². The van der Waals surface area contributed by atoms with Crippen molar-refractivity contribution in [3.05, 3.63) is 35.4 Å². The first-order chi connectivity index (χ1) is 9.10. The van der Waals surface area contributed by atoms with Crippen molar-refractivity contribution in [1.82, 2.24) is 10.6 Å². The average Bonchev–Trinajstić information content (AvgIpc) is 2.42. The zero-order valence-corrected chi connectivity index (χ0v) is 11.3. The van der Waals surface area contributed by atoms with E-state index >= 15 is 0 Å². The number of hydrogen-bond acceptors (Lipinski definition) is 3. The van der Waals surface area contributed by atoms with E-state index in [1.54, 1.807) is 19.1 Å². The van der Waals surface area contributed by atoms with Crippen LogP contribution in [0.2, 0.25) is 0 Å². The molecule has 3 N–H and O–H groups in total. The predicted octanol–water partition coefficient (Wildman–Crippen LogP) is 1.04. The summed E-state index contributed by atoms with van der Waals surface area (Å²) in [6.45, 7) is 2.49. The number of aliphatic carboxylic acids is 1. The van der Waals surface area contributed by atoms with Crippen molar-refractivity contribution in [1.29, 1.82) is 0 Å². The Morgan fingerprint density at radius 1 is 1.32 bits per heavy atom. The molecule has 0 saturated carbocycles.